The lowest BCUT2D eigenvalue weighted by molar-refractivity contribution is -0.122. The SMILES string of the molecule is COc1ccc(CNC(=O)CC2CCNCC2Cc2cc(CN(C)Cc3ccccc3)on2)cc1OC. The third kappa shape index (κ3) is 7.81. The minimum atomic E-state index is 0.0649. The Morgan fingerprint density at radius 1 is 1.05 bits per heavy atom. The molecule has 4 rings (SSSR count). The van der Waals surface area contributed by atoms with Crippen molar-refractivity contribution in [2.45, 2.75) is 38.9 Å². The molecule has 1 amide bonds. The number of nitrogens with one attached hydrogen (secondary N) is 2. The molecule has 0 saturated carbocycles. The molecule has 1 aliphatic heterocycles. The summed E-state index contributed by atoms with van der Waals surface area (Å²) < 4.78 is 16.3. The largest absolute Gasteiger partial charge is 0.493 e. The first kappa shape index (κ1) is 26.7. The van der Waals surface area contributed by atoms with Gasteiger partial charge in [0.1, 0.15) is 0 Å². The Morgan fingerprint density at radius 3 is 2.65 bits per heavy atom. The summed E-state index contributed by atoms with van der Waals surface area (Å²) in [7, 11) is 5.30. The molecule has 1 fully saturated rings. The smallest absolute Gasteiger partial charge is 0.220 e. The van der Waals surface area contributed by atoms with E-state index in [1.807, 2.05) is 24.3 Å². The first-order valence-electron chi connectivity index (χ1n) is 12.9. The van der Waals surface area contributed by atoms with Crippen LogP contribution in [0.15, 0.2) is 59.1 Å². The summed E-state index contributed by atoms with van der Waals surface area (Å²) in [5, 5.41) is 10.9. The monoisotopic (exact) mass is 506 g/mol. The van der Waals surface area contributed by atoms with Gasteiger partial charge in [-0.3, -0.25) is 9.69 Å². The van der Waals surface area contributed by atoms with Gasteiger partial charge in [0, 0.05) is 25.6 Å². The van der Waals surface area contributed by atoms with E-state index in [2.05, 4.69) is 58.1 Å². The van der Waals surface area contributed by atoms with Crippen LogP contribution < -0.4 is 20.1 Å². The van der Waals surface area contributed by atoms with Gasteiger partial charge in [0.25, 0.3) is 0 Å². The zero-order chi connectivity index (χ0) is 26.0. The van der Waals surface area contributed by atoms with Crippen LogP contribution in [0.3, 0.4) is 0 Å². The molecule has 2 N–H and O–H groups in total. The van der Waals surface area contributed by atoms with Gasteiger partial charge in [0.2, 0.25) is 5.91 Å². The predicted molar refractivity (Wildman–Crippen MR) is 142 cm³/mol. The summed E-state index contributed by atoms with van der Waals surface area (Å²) >= 11 is 0. The van der Waals surface area contributed by atoms with E-state index in [-0.39, 0.29) is 5.91 Å². The topological polar surface area (TPSA) is 88.9 Å². The van der Waals surface area contributed by atoms with Crippen molar-refractivity contribution in [3.63, 3.8) is 0 Å². The number of amides is 1. The van der Waals surface area contributed by atoms with Crippen molar-refractivity contribution in [1.29, 1.82) is 0 Å². The Hall–Kier alpha value is -3.36. The maximum atomic E-state index is 12.8. The van der Waals surface area contributed by atoms with Crippen molar-refractivity contribution in [3.8, 4) is 11.5 Å². The summed E-state index contributed by atoms with van der Waals surface area (Å²) in [6.07, 6.45) is 2.27. The number of carbonyl (C=O) groups excluding carboxylic acids is 1. The number of hydrogen-bond donors (Lipinski definition) is 2. The lowest BCUT2D eigenvalue weighted by atomic mass is 9.81. The van der Waals surface area contributed by atoms with E-state index >= 15 is 0 Å². The number of benzene rings is 2. The highest BCUT2D eigenvalue weighted by molar-refractivity contribution is 5.76. The van der Waals surface area contributed by atoms with Crippen LogP contribution in [-0.2, 0) is 30.8 Å². The van der Waals surface area contributed by atoms with Crippen LogP contribution in [0.25, 0.3) is 0 Å². The molecule has 2 heterocycles. The van der Waals surface area contributed by atoms with E-state index < -0.39 is 0 Å². The predicted octanol–water partition coefficient (Wildman–Crippen LogP) is 3.80. The van der Waals surface area contributed by atoms with Crippen LogP contribution in [0.1, 0.15) is 35.4 Å². The number of aromatic nitrogens is 1. The number of methoxy groups -OCH3 is 2. The van der Waals surface area contributed by atoms with E-state index in [1.54, 1.807) is 14.2 Å². The zero-order valence-electron chi connectivity index (χ0n) is 22.0. The lowest BCUT2D eigenvalue weighted by Crippen LogP contribution is -2.40. The molecule has 0 aliphatic carbocycles. The van der Waals surface area contributed by atoms with Crippen LogP contribution in [0, 0.1) is 11.8 Å². The molecule has 1 aromatic heterocycles. The second-order valence-corrected chi connectivity index (χ2v) is 9.83. The molecule has 2 atom stereocenters. The van der Waals surface area contributed by atoms with Gasteiger partial charge in [-0.25, -0.2) is 0 Å². The van der Waals surface area contributed by atoms with Crippen LogP contribution in [0.5, 0.6) is 11.5 Å². The van der Waals surface area contributed by atoms with E-state index in [0.717, 1.165) is 49.5 Å². The average molecular weight is 507 g/mol. The summed E-state index contributed by atoms with van der Waals surface area (Å²) in [5.74, 6) is 2.89. The van der Waals surface area contributed by atoms with Gasteiger partial charge in [-0.05, 0) is 68.1 Å². The molecule has 8 nitrogen and oxygen atoms in total. The molecule has 198 valence electrons. The fraction of sp³-hybridized carbons (Fsp3) is 0.448. The average Bonchev–Trinajstić information content (AvgIpc) is 3.35. The molecule has 1 aliphatic rings. The Labute approximate surface area is 219 Å². The van der Waals surface area contributed by atoms with Crippen molar-refractivity contribution in [3.05, 3.63) is 77.2 Å². The second-order valence-electron chi connectivity index (χ2n) is 9.83. The number of piperidine rings is 1. The van der Waals surface area contributed by atoms with Gasteiger partial charge < -0.3 is 24.6 Å². The second kappa shape index (κ2) is 13.3. The van der Waals surface area contributed by atoms with Crippen LogP contribution in [0.4, 0.5) is 0 Å². The first-order valence-corrected chi connectivity index (χ1v) is 12.9. The van der Waals surface area contributed by atoms with E-state index in [9.17, 15) is 4.79 Å². The highest BCUT2D eigenvalue weighted by atomic mass is 16.5. The molecule has 0 radical (unpaired) electrons. The van der Waals surface area contributed by atoms with Crippen LogP contribution in [-0.4, -0.2) is 50.3 Å². The van der Waals surface area contributed by atoms with Gasteiger partial charge in [0.05, 0.1) is 26.5 Å². The minimum Gasteiger partial charge on any atom is -0.493 e. The molecular formula is C29H38N4O4. The Morgan fingerprint density at radius 2 is 1.86 bits per heavy atom. The molecule has 1 saturated heterocycles. The Bertz CT molecular complexity index is 1130. The van der Waals surface area contributed by atoms with Gasteiger partial charge >= 0.3 is 0 Å². The lowest BCUT2D eigenvalue weighted by Gasteiger charge is -2.31. The van der Waals surface area contributed by atoms with Crippen molar-refractivity contribution in [2.75, 3.05) is 34.4 Å². The van der Waals surface area contributed by atoms with E-state index in [1.165, 1.54) is 5.56 Å². The molecule has 0 spiro atoms. The molecule has 3 aromatic rings. The van der Waals surface area contributed by atoms with Crippen molar-refractivity contribution in [2.24, 2.45) is 11.8 Å². The van der Waals surface area contributed by atoms with Gasteiger partial charge in [-0.15, -0.1) is 0 Å². The maximum Gasteiger partial charge on any atom is 0.220 e. The van der Waals surface area contributed by atoms with Crippen molar-refractivity contribution >= 4 is 5.91 Å². The van der Waals surface area contributed by atoms with Crippen molar-refractivity contribution in [1.82, 2.24) is 20.7 Å². The number of nitrogens with zero attached hydrogens (tertiary/aromatic N) is 2. The normalized spacial score (nSPS) is 17.5. The molecule has 2 aromatic carbocycles. The summed E-state index contributed by atoms with van der Waals surface area (Å²) in [6.45, 7) is 3.82. The fourth-order valence-electron chi connectivity index (χ4n) is 5.00. The molecular weight excluding hydrogens is 468 g/mol. The number of rotatable bonds is 12. The minimum absolute atomic E-state index is 0.0649. The maximum absolute atomic E-state index is 12.8. The Balaban J connectivity index is 1.27. The fourth-order valence-corrected chi connectivity index (χ4v) is 5.00. The number of hydrogen-bond acceptors (Lipinski definition) is 7. The standard InChI is InChI=1S/C29H38N4O4/c1-33(19-21-7-5-4-6-8-21)20-26-16-25(32-37-26)14-24-18-30-12-11-23(24)15-29(34)31-17-22-9-10-27(35-2)28(13-22)36-3/h4-10,13,16,23-24,30H,11-12,14-15,17-20H2,1-3H3,(H,31,34). The summed E-state index contributed by atoms with van der Waals surface area (Å²) in [5.41, 5.74) is 3.19. The number of ether oxygens (including phenoxy) is 2. The molecule has 2 unspecified atom stereocenters. The first-order chi connectivity index (χ1) is 18.0. The van der Waals surface area contributed by atoms with Crippen molar-refractivity contribution < 1.29 is 18.8 Å². The van der Waals surface area contributed by atoms with Gasteiger partial charge in [-0.2, -0.15) is 0 Å². The highest BCUT2D eigenvalue weighted by Crippen LogP contribution is 2.28. The third-order valence-electron chi connectivity index (χ3n) is 6.95. The third-order valence-corrected chi connectivity index (χ3v) is 6.95. The zero-order valence-corrected chi connectivity index (χ0v) is 22.0. The highest BCUT2D eigenvalue weighted by Gasteiger charge is 2.28. The van der Waals surface area contributed by atoms with E-state index in [0.29, 0.717) is 42.8 Å². The Kier molecular flexibility index (Phi) is 9.57. The molecule has 8 heteroatoms. The van der Waals surface area contributed by atoms with Crippen LogP contribution >= 0.6 is 0 Å². The van der Waals surface area contributed by atoms with E-state index in [4.69, 9.17) is 14.0 Å². The quantitative estimate of drug-likeness (QED) is 0.386. The molecule has 37 heavy (non-hydrogen) atoms. The van der Waals surface area contributed by atoms with Gasteiger partial charge in [0.15, 0.2) is 17.3 Å². The summed E-state index contributed by atoms with van der Waals surface area (Å²) in [6, 6.07) is 18.1. The summed E-state index contributed by atoms with van der Waals surface area (Å²) in [4.78, 5) is 15.0. The van der Waals surface area contributed by atoms with Crippen LogP contribution in [0.2, 0.25) is 0 Å². The van der Waals surface area contributed by atoms with Gasteiger partial charge in [-0.1, -0.05) is 41.6 Å². The number of carbonyl (C=O) groups is 1. The molecule has 0 bridgehead atoms.